The molecule has 27 heavy (non-hydrogen) atoms. The summed E-state index contributed by atoms with van der Waals surface area (Å²) < 4.78 is 6.11. The predicted octanol–water partition coefficient (Wildman–Crippen LogP) is 6.81. The Labute approximate surface area is 169 Å². The van der Waals surface area contributed by atoms with Gasteiger partial charge in [-0.1, -0.05) is 89.1 Å². The molecule has 1 aliphatic rings. The molecule has 0 N–H and O–H groups in total. The van der Waals surface area contributed by atoms with Crippen LogP contribution in [0.3, 0.4) is 0 Å². The summed E-state index contributed by atoms with van der Waals surface area (Å²) in [7, 11) is -0.878. The minimum Gasteiger partial charge on any atom is -0.497 e. The third-order valence-corrected chi connectivity index (χ3v) is 10.7. The molecule has 0 radical (unpaired) electrons. The fourth-order valence-corrected chi connectivity index (χ4v) is 7.40. The van der Waals surface area contributed by atoms with Crippen molar-refractivity contribution in [3.63, 3.8) is 0 Å². The van der Waals surface area contributed by atoms with Crippen LogP contribution in [0.1, 0.15) is 37.8 Å². The van der Waals surface area contributed by atoms with Gasteiger partial charge >= 0.3 is 0 Å². The van der Waals surface area contributed by atoms with Crippen LogP contribution in [-0.2, 0) is 5.41 Å². The molecule has 1 atom stereocenters. The zero-order valence-corrected chi connectivity index (χ0v) is 21.3. The van der Waals surface area contributed by atoms with Crippen molar-refractivity contribution >= 4 is 21.3 Å². The van der Waals surface area contributed by atoms with Crippen LogP contribution in [0.2, 0.25) is 44.8 Å². The van der Waals surface area contributed by atoms with Crippen LogP contribution in [0.25, 0.3) is 0 Å². The molecule has 1 unspecified atom stereocenters. The normalized spacial score (nSPS) is 18.0. The van der Waals surface area contributed by atoms with E-state index in [1.165, 1.54) is 21.9 Å². The van der Waals surface area contributed by atoms with E-state index in [4.69, 9.17) is 4.74 Å². The van der Waals surface area contributed by atoms with Gasteiger partial charge in [0.05, 0.1) is 23.3 Å². The van der Waals surface area contributed by atoms with Crippen molar-refractivity contribution in [2.45, 2.75) is 83.9 Å². The Bertz CT molecular complexity index is 741. The van der Waals surface area contributed by atoms with E-state index in [2.05, 4.69) is 90.4 Å². The van der Waals surface area contributed by atoms with Crippen molar-refractivity contribution in [2.24, 2.45) is 0 Å². The Morgan fingerprint density at radius 3 is 2.00 bits per heavy atom. The Balaban J connectivity index is 2.75. The summed E-state index contributed by atoms with van der Waals surface area (Å²) in [5.74, 6) is 1.15. The standard InChI is InChI=1S/C24H40OSi2/c1-11-24(12-2,19-13-14-20(17-19)26(5,6)7)21-15-18(3)16-22(23(21)25-4)27(8,9)10/h13-17,20H,11-12H2,1-10H3. The summed E-state index contributed by atoms with van der Waals surface area (Å²) in [6, 6.07) is 4.76. The smallest absolute Gasteiger partial charge is 0.122 e. The summed E-state index contributed by atoms with van der Waals surface area (Å²) >= 11 is 0. The second kappa shape index (κ2) is 7.75. The maximum absolute atomic E-state index is 6.11. The zero-order chi connectivity index (χ0) is 20.6. The summed E-state index contributed by atoms with van der Waals surface area (Å²) in [4.78, 5) is 0. The van der Waals surface area contributed by atoms with Gasteiger partial charge in [-0.2, -0.15) is 0 Å². The Kier molecular flexibility index (Phi) is 6.38. The molecular weight excluding hydrogens is 360 g/mol. The molecule has 0 amide bonds. The first-order valence-corrected chi connectivity index (χ1v) is 17.6. The Morgan fingerprint density at radius 1 is 1.00 bits per heavy atom. The number of hydrogen-bond donors (Lipinski definition) is 0. The molecule has 1 aromatic carbocycles. The fourth-order valence-electron chi connectivity index (χ4n) is 4.47. The van der Waals surface area contributed by atoms with Gasteiger partial charge in [-0.3, -0.25) is 0 Å². The third kappa shape index (κ3) is 4.19. The first kappa shape index (κ1) is 22.2. The molecule has 2 rings (SSSR count). The Hall–Kier alpha value is -1.07. The Morgan fingerprint density at radius 2 is 1.59 bits per heavy atom. The van der Waals surface area contributed by atoms with Gasteiger partial charge in [-0.05, 0) is 36.1 Å². The molecule has 1 nitrogen and oxygen atoms in total. The van der Waals surface area contributed by atoms with E-state index in [-0.39, 0.29) is 5.41 Å². The summed E-state index contributed by atoms with van der Waals surface area (Å²) in [6.07, 6.45) is 9.66. The molecule has 0 saturated heterocycles. The van der Waals surface area contributed by atoms with E-state index in [0.717, 1.165) is 18.6 Å². The van der Waals surface area contributed by atoms with Gasteiger partial charge < -0.3 is 4.74 Å². The summed E-state index contributed by atoms with van der Waals surface area (Å²) in [5.41, 5.74) is 4.94. The highest BCUT2D eigenvalue weighted by atomic mass is 28.3. The highest BCUT2D eigenvalue weighted by Gasteiger charge is 2.39. The molecule has 0 bridgehead atoms. The molecule has 0 saturated carbocycles. The van der Waals surface area contributed by atoms with Crippen LogP contribution < -0.4 is 9.92 Å². The van der Waals surface area contributed by atoms with Gasteiger partial charge in [0.25, 0.3) is 0 Å². The van der Waals surface area contributed by atoms with E-state index in [9.17, 15) is 0 Å². The second-order valence-electron chi connectivity index (χ2n) is 10.3. The number of hydrogen-bond acceptors (Lipinski definition) is 1. The van der Waals surface area contributed by atoms with Crippen molar-refractivity contribution in [1.29, 1.82) is 0 Å². The molecular formula is C24H40OSi2. The number of benzene rings is 1. The van der Waals surface area contributed by atoms with E-state index >= 15 is 0 Å². The SMILES string of the molecule is CCC(CC)(C1=CC([Si](C)(C)C)C=C1)c1cc(C)cc([Si](C)(C)C)c1OC. The number of ether oxygens (including phenoxy) is 1. The number of aryl methyl sites for hydroxylation is 1. The lowest BCUT2D eigenvalue weighted by Crippen LogP contribution is -2.41. The van der Waals surface area contributed by atoms with Crippen molar-refractivity contribution < 1.29 is 4.74 Å². The van der Waals surface area contributed by atoms with E-state index in [1.807, 2.05) is 7.11 Å². The molecule has 1 aliphatic carbocycles. The van der Waals surface area contributed by atoms with Crippen LogP contribution in [-0.4, -0.2) is 23.3 Å². The van der Waals surface area contributed by atoms with Crippen molar-refractivity contribution in [1.82, 2.24) is 0 Å². The molecule has 0 aliphatic heterocycles. The molecule has 0 fully saturated rings. The molecule has 3 heteroatoms. The van der Waals surface area contributed by atoms with E-state index < -0.39 is 16.1 Å². The molecule has 0 spiro atoms. The summed E-state index contributed by atoms with van der Waals surface area (Å²) in [5, 5.41) is 1.45. The molecule has 0 heterocycles. The lowest BCUT2D eigenvalue weighted by Gasteiger charge is -2.37. The number of allylic oxidation sites excluding steroid dienone is 4. The quantitative estimate of drug-likeness (QED) is 0.457. The minimum atomic E-state index is -1.50. The first-order chi connectivity index (χ1) is 12.4. The maximum atomic E-state index is 6.11. The second-order valence-corrected chi connectivity index (χ2v) is 20.7. The lowest BCUT2D eigenvalue weighted by atomic mass is 9.69. The zero-order valence-electron chi connectivity index (χ0n) is 19.3. The van der Waals surface area contributed by atoms with Gasteiger partial charge in [-0.25, -0.2) is 0 Å². The first-order valence-electron chi connectivity index (χ1n) is 10.5. The van der Waals surface area contributed by atoms with Crippen molar-refractivity contribution in [2.75, 3.05) is 7.11 Å². The number of rotatable bonds is 7. The van der Waals surface area contributed by atoms with Crippen LogP contribution in [0.15, 0.2) is 35.9 Å². The van der Waals surface area contributed by atoms with Gasteiger partial charge in [0, 0.05) is 11.0 Å². The third-order valence-electron chi connectivity index (χ3n) is 6.36. The van der Waals surface area contributed by atoms with Gasteiger partial charge in [0.2, 0.25) is 0 Å². The molecule has 150 valence electrons. The summed E-state index contributed by atoms with van der Waals surface area (Å²) in [6.45, 7) is 21.6. The van der Waals surface area contributed by atoms with Crippen LogP contribution in [0.5, 0.6) is 5.75 Å². The van der Waals surface area contributed by atoms with Crippen LogP contribution in [0, 0.1) is 6.92 Å². The van der Waals surface area contributed by atoms with Crippen molar-refractivity contribution in [3.8, 4) is 5.75 Å². The fraction of sp³-hybridized carbons (Fsp3) is 0.583. The highest BCUT2D eigenvalue weighted by Crippen LogP contribution is 2.48. The average molecular weight is 401 g/mol. The van der Waals surface area contributed by atoms with E-state index in [0.29, 0.717) is 5.54 Å². The molecule has 0 aromatic heterocycles. The highest BCUT2D eigenvalue weighted by molar-refractivity contribution is 6.89. The largest absolute Gasteiger partial charge is 0.497 e. The predicted molar refractivity (Wildman–Crippen MR) is 127 cm³/mol. The minimum absolute atomic E-state index is 0.0384. The molecule has 1 aromatic rings. The van der Waals surface area contributed by atoms with Crippen LogP contribution in [0.4, 0.5) is 0 Å². The van der Waals surface area contributed by atoms with Crippen molar-refractivity contribution in [3.05, 3.63) is 47.1 Å². The monoisotopic (exact) mass is 400 g/mol. The number of methoxy groups -OCH3 is 1. The van der Waals surface area contributed by atoms with Gasteiger partial charge in [0.15, 0.2) is 0 Å². The lowest BCUT2D eigenvalue weighted by molar-refractivity contribution is 0.387. The van der Waals surface area contributed by atoms with Gasteiger partial charge in [-0.15, -0.1) is 0 Å². The topological polar surface area (TPSA) is 9.23 Å². The van der Waals surface area contributed by atoms with E-state index in [1.54, 1.807) is 0 Å². The maximum Gasteiger partial charge on any atom is 0.122 e. The average Bonchev–Trinajstić information content (AvgIpc) is 3.06. The van der Waals surface area contributed by atoms with Crippen LogP contribution >= 0.6 is 0 Å². The van der Waals surface area contributed by atoms with Gasteiger partial charge in [0.1, 0.15) is 5.75 Å².